The van der Waals surface area contributed by atoms with E-state index >= 15 is 0 Å². The fourth-order valence-electron chi connectivity index (χ4n) is 1.67. The van der Waals surface area contributed by atoms with Crippen LogP contribution in [0.15, 0.2) is 42.6 Å². The molecule has 0 spiro atoms. The topological polar surface area (TPSA) is 65.2 Å². The van der Waals surface area contributed by atoms with E-state index in [9.17, 15) is 4.79 Å². The molecular weight excluding hydrogens is 240 g/mol. The standard InChI is InChI=1S/C15H16N2O2/c1-11-3-2-8-17-14(11)10-19-15(18)9-12-4-6-13(16)7-5-12/h2-8H,9-10,16H2,1H3. The largest absolute Gasteiger partial charge is 0.459 e. The van der Waals surface area contributed by atoms with Crippen LogP contribution in [0.2, 0.25) is 0 Å². The Morgan fingerprint density at radius 1 is 1.26 bits per heavy atom. The lowest BCUT2D eigenvalue weighted by molar-refractivity contribution is -0.144. The molecule has 1 aromatic heterocycles. The summed E-state index contributed by atoms with van der Waals surface area (Å²) in [5.41, 5.74) is 8.95. The van der Waals surface area contributed by atoms with Crippen LogP contribution in [-0.4, -0.2) is 11.0 Å². The number of esters is 1. The Morgan fingerprint density at radius 3 is 2.68 bits per heavy atom. The number of anilines is 1. The van der Waals surface area contributed by atoms with Gasteiger partial charge < -0.3 is 10.5 Å². The summed E-state index contributed by atoms with van der Waals surface area (Å²) in [6.07, 6.45) is 1.93. The summed E-state index contributed by atoms with van der Waals surface area (Å²) in [6.45, 7) is 2.15. The lowest BCUT2D eigenvalue weighted by Crippen LogP contribution is -2.09. The fraction of sp³-hybridized carbons (Fsp3) is 0.200. The molecule has 1 aromatic carbocycles. The number of pyridine rings is 1. The van der Waals surface area contributed by atoms with E-state index in [-0.39, 0.29) is 19.0 Å². The summed E-state index contributed by atoms with van der Waals surface area (Å²) in [5, 5.41) is 0. The van der Waals surface area contributed by atoms with Gasteiger partial charge in [0.1, 0.15) is 6.61 Å². The van der Waals surface area contributed by atoms with E-state index in [0.717, 1.165) is 16.8 Å². The average molecular weight is 256 g/mol. The van der Waals surface area contributed by atoms with Crippen LogP contribution >= 0.6 is 0 Å². The Labute approximate surface area is 112 Å². The molecule has 0 radical (unpaired) electrons. The van der Waals surface area contributed by atoms with E-state index in [2.05, 4.69) is 4.98 Å². The molecule has 19 heavy (non-hydrogen) atoms. The van der Waals surface area contributed by atoms with Crippen molar-refractivity contribution in [1.82, 2.24) is 4.98 Å². The van der Waals surface area contributed by atoms with Gasteiger partial charge in [0.15, 0.2) is 0 Å². The molecular formula is C15H16N2O2. The highest BCUT2D eigenvalue weighted by atomic mass is 16.5. The minimum atomic E-state index is -0.269. The second-order valence-electron chi connectivity index (χ2n) is 4.35. The van der Waals surface area contributed by atoms with Crippen LogP contribution in [-0.2, 0) is 22.6 Å². The SMILES string of the molecule is Cc1cccnc1COC(=O)Cc1ccc(N)cc1. The van der Waals surface area contributed by atoms with E-state index < -0.39 is 0 Å². The van der Waals surface area contributed by atoms with Crippen molar-refractivity contribution < 1.29 is 9.53 Å². The van der Waals surface area contributed by atoms with Gasteiger partial charge in [0.25, 0.3) is 0 Å². The fourth-order valence-corrected chi connectivity index (χ4v) is 1.67. The molecule has 98 valence electrons. The number of nitrogens with two attached hydrogens (primary N) is 1. The summed E-state index contributed by atoms with van der Waals surface area (Å²) >= 11 is 0. The first-order valence-electron chi connectivity index (χ1n) is 6.05. The Bertz CT molecular complexity index is 565. The number of aryl methyl sites for hydroxylation is 1. The molecule has 0 unspecified atom stereocenters. The zero-order valence-corrected chi connectivity index (χ0v) is 10.8. The molecule has 0 saturated carbocycles. The smallest absolute Gasteiger partial charge is 0.310 e. The van der Waals surface area contributed by atoms with Crippen molar-refractivity contribution in [3.63, 3.8) is 0 Å². The first kappa shape index (κ1) is 13.1. The molecule has 0 aliphatic heterocycles. The highest BCUT2D eigenvalue weighted by Crippen LogP contribution is 2.08. The Kier molecular flexibility index (Phi) is 4.13. The molecule has 0 bridgehead atoms. The molecule has 2 aromatic rings. The van der Waals surface area contributed by atoms with Gasteiger partial charge in [0.2, 0.25) is 0 Å². The number of rotatable bonds is 4. The molecule has 4 nitrogen and oxygen atoms in total. The van der Waals surface area contributed by atoms with Gasteiger partial charge in [-0.2, -0.15) is 0 Å². The normalized spacial score (nSPS) is 10.2. The minimum absolute atomic E-state index is 0.209. The van der Waals surface area contributed by atoms with Crippen LogP contribution in [0.25, 0.3) is 0 Å². The quantitative estimate of drug-likeness (QED) is 0.673. The van der Waals surface area contributed by atoms with Crippen LogP contribution < -0.4 is 5.73 Å². The molecule has 0 amide bonds. The van der Waals surface area contributed by atoms with Crippen LogP contribution in [0, 0.1) is 6.92 Å². The summed E-state index contributed by atoms with van der Waals surface area (Å²) in [4.78, 5) is 15.9. The molecule has 0 saturated heterocycles. The van der Waals surface area contributed by atoms with Gasteiger partial charge in [0, 0.05) is 11.9 Å². The molecule has 1 heterocycles. The Balaban J connectivity index is 1.88. The van der Waals surface area contributed by atoms with Gasteiger partial charge in [-0.05, 0) is 36.2 Å². The highest BCUT2D eigenvalue weighted by molar-refractivity contribution is 5.72. The maximum absolute atomic E-state index is 11.7. The second-order valence-corrected chi connectivity index (χ2v) is 4.35. The number of carbonyl (C=O) groups excluding carboxylic acids is 1. The molecule has 0 aliphatic rings. The number of aromatic nitrogens is 1. The van der Waals surface area contributed by atoms with E-state index in [0.29, 0.717) is 5.69 Å². The van der Waals surface area contributed by atoms with Gasteiger partial charge in [-0.15, -0.1) is 0 Å². The maximum Gasteiger partial charge on any atom is 0.310 e. The minimum Gasteiger partial charge on any atom is -0.459 e. The Hall–Kier alpha value is -2.36. The third-order valence-corrected chi connectivity index (χ3v) is 2.82. The predicted octanol–water partition coefficient (Wildman–Crippen LogP) is 2.26. The summed E-state index contributed by atoms with van der Waals surface area (Å²) in [6, 6.07) is 11.0. The Morgan fingerprint density at radius 2 is 2.00 bits per heavy atom. The summed E-state index contributed by atoms with van der Waals surface area (Å²) in [5.74, 6) is -0.269. The third-order valence-electron chi connectivity index (χ3n) is 2.82. The van der Waals surface area contributed by atoms with Crippen LogP contribution in [0.5, 0.6) is 0 Å². The van der Waals surface area contributed by atoms with Crippen molar-refractivity contribution in [2.45, 2.75) is 20.0 Å². The van der Waals surface area contributed by atoms with Crippen molar-refractivity contribution in [2.24, 2.45) is 0 Å². The van der Waals surface area contributed by atoms with Crippen LogP contribution in [0.1, 0.15) is 16.8 Å². The second kappa shape index (κ2) is 6.00. The van der Waals surface area contributed by atoms with Crippen molar-refractivity contribution in [2.75, 3.05) is 5.73 Å². The maximum atomic E-state index is 11.7. The highest BCUT2D eigenvalue weighted by Gasteiger charge is 2.07. The zero-order valence-electron chi connectivity index (χ0n) is 10.8. The number of nitrogen functional groups attached to an aromatic ring is 1. The van der Waals surface area contributed by atoms with Crippen molar-refractivity contribution in [3.8, 4) is 0 Å². The third kappa shape index (κ3) is 3.81. The average Bonchev–Trinajstić information content (AvgIpc) is 2.40. The number of benzene rings is 1. The molecule has 0 atom stereocenters. The predicted molar refractivity (Wildman–Crippen MR) is 73.3 cm³/mol. The van der Waals surface area contributed by atoms with Crippen molar-refractivity contribution in [1.29, 1.82) is 0 Å². The van der Waals surface area contributed by atoms with E-state index in [1.165, 1.54) is 0 Å². The monoisotopic (exact) mass is 256 g/mol. The van der Waals surface area contributed by atoms with E-state index in [1.807, 2.05) is 31.2 Å². The molecule has 0 aliphatic carbocycles. The van der Waals surface area contributed by atoms with E-state index in [1.54, 1.807) is 18.3 Å². The molecule has 2 rings (SSSR count). The molecule has 4 heteroatoms. The van der Waals surface area contributed by atoms with Crippen LogP contribution in [0.3, 0.4) is 0 Å². The number of hydrogen-bond donors (Lipinski definition) is 1. The lowest BCUT2D eigenvalue weighted by atomic mass is 10.1. The molecule has 0 fully saturated rings. The van der Waals surface area contributed by atoms with E-state index in [4.69, 9.17) is 10.5 Å². The number of hydrogen-bond acceptors (Lipinski definition) is 4. The number of carbonyl (C=O) groups is 1. The van der Waals surface area contributed by atoms with Crippen molar-refractivity contribution in [3.05, 3.63) is 59.4 Å². The van der Waals surface area contributed by atoms with Gasteiger partial charge in [-0.25, -0.2) is 0 Å². The molecule has 2 N–H and O–H groups in total. The summed E-state index contributed by atoms with van der Waals surface area (Å²) < 4.78 is 5.21. The van der Waals surface area contributed by atoms with Gasteiger partial charge in [-0.1, -0.05) is 18.2 Å². The van der Waals surface area contributed by atoms with Gasteiger partial charge >= 0.3 is 5.97 Å². The first-order valence-corrected chi connectivity index (χ1v) is 6.05. The summed E-state index contributed by atoms with van der Waals surface area (Å²) in [7, 11) is 0. The first-order chi connectivity index (χ1) is 9.15. The van der Waals surface area contributed by atoms with Crippen molar-refractivity contribution >= 4 is 11.7 Å². The van der Waals surface area contributed by atoms with Gasteiger partial charge in [-0.3, -0.25) is 9.78 Å². The lowest BCUT2D eigenvalue weighted by Gasteiger charge is -2.06. The zero-order chi connectivity index (χ0) is 13.7. The van der Waals surface area contributed by atoms with Crippen LogP contribution in [0.4, 0.5) is 5.69 Å². The van der Waals surface area contributed by atoms with Gasteiger partial charge in [0.05, 0.1) is 12.1 Å². The number of nitrogens with zero attached hydrogens (tertiary/aromatic N) is 1. The number of ether oxygens (including phenoxy) is 1.